The molecule has 4 nitrogen and oxygen atoms in total. The second-order valence-corrected chi connectivity index (χ2v) is 7.39. The van der Waals surface area contributed by atoms with Crippen LogP contribution in [0.1, 0.15) is 66.0 Å². The number of hydrogen-bond donors (Lipinski definition) is 1. The highest BCUT2D eigenvalue weighted by molar-refractivity contribution is 6.04. The number of hydrogen-bond acceptors (Lipinski definition) is 2. The molecule has 1 amide bonds. The summed E-state index contributed by atoms with van der Waals surface area (Å²) in [6, 6.07) is 6.22. The molecule has 1 aromatic carbocycles. The van der Waals surface area contributed by atoms with Gasteiger partial charge in [0.25, 0.3) is 5.91 Å². The van der Waals surface area contributed by atoms with E-state index in [0.29, 0.717) is 11.6 Å². The van der Waals surface area contributed by atoms with Crippen LogP contribution in [0.25, 0.3) is 0 Å². The Hall–Kier alpha value is -2.10. The number of carbonyl (C=O) groups excluding carboxylic acids is 1. The first-order valence-corrected chi connectivity index (χ1v) is 8.17. The molecule has 0 fully saturated rings. The zero-order valence-electron chi connectivity index (χ0n) is 14.8. The van der Waals surface area contributed by atoms with Crippen LogP contribution >= 0.6 is 0 Å². The Balaban J connectivity index is 1.97. The second kappa shape index (κ2) is 5.22. The number of aryl methyl sites for hydroxylation is 1. The lowest BCUT2D eigenvalue weighted by Crippen LogP contribution is -2.16. The first kappa shape index (κ1) is 15.8. The van der Waals surface area contributed by atoms with E-state index in [-0.39, 0.29) is 11.3 Å². The summed E-state index contributed by atoms with van der Waals surface area (Å²) >= 11 is 0. The summed E-state index contributed by atoms with van der Waals surface area (Å²) in [6.07, 6.45) is 1.11. The second-order valence-electron chi connectivity index (χ2n) is 7.39. The molecule has 1 aromatic heterocycles. The molecule has 1 N–H and O–H groups in total. The number of benzene rings is 1. The number of aromatic nitrogens is 2. The van der Waals surface area contributed by atoms with E-state index in [1.165, 1.54) is 11.1 Å². The number of fused-ring (bicyclic) bond motifs is 1. The van der Waals surface area contributed by atoms with Crippen molar-refractivity contribution in [3.8, 4) is 0 Å². The van der Waals surface area contributed by atoms with Gasteiger partial charge in [0.1, 0.15) is 0 Å². The van der Waals surface area contributed by atoms with Crippen LogP contribution in [0.5, 0.6) is 0 Å². The van der Waals surface area contributed by atoms with Crippen LogP contribution in [0.15, 0.2) is 18.2 Å². The van der Waals surface area contributed by atoms with E-state index in [1.807, 2.05) is 33.0 Å². The number of anilines is 1. The molecule has 3 rings (SSSR count). The van der Waals surface area contributed by atoms with Crippen molar-refractivity contribution in [1.82, 2.24) is 9.78 Å². The predicted octanol–water partition coefficient (Wildman–Crippen LogP) is 4.07. The van der Waals surface area contributed by atoms with Crippen LogP contribution < -0.4 is 5.32 Å². The molecule has 0 aliphatic heterocycles. The van der Waals surface area contributed by atoms with Gasteiger partial charge in [0, 0.05) is 24.0 Å². The lowest BCUT2D eigenvalue weighted by atomic mass is 9.86. The first-order valence-electron chi connectivity index (χ1n) is 8.17. The fraction of sp³-hybridized carbons (Fsp3) is 0.474. The van der Waals surface area contributed by atoms with Crippen LogP contribution in [0.3, 0.4) is 0 Å². The predicted molar refractivity (Wildman–Crippen MR) is 93.1 cm³/mol. The van der Waals surface area contributed by atoms with Crippen molar-refractivity contribution in [3.05, 3.63) is 46.3 Å². The molecule has 0 radical (unpaired) electrons. The maximum Gasteiger partial charge on any atom is 0.276 e. The quantitative estimate of drug-likeness (QED) is 0.908. The molecule has 1 aliphatic carbocycles. The maximum atomic E-state index is 12.7. The van der Waals surface area contributed by atoms with Gasteiger partial charge in [-0.2, -0.15) is 5.10 Å². The Morgan fingerprint density at radius 3 is 2.65 bits per heavy atom. The lowest BCUT2D eigenvalue weighted by Gasteiger charge is -2.19. The van der Waals surface area contributed by atoms with E-state index >= 15 is 0 Å². The molecule has 0 saturated carbocycles. The average Bonchev–Trinajstić information content (AvgIpc) is 2.87. The van der Waals surface area contributed by atoms with Crippen LogP contribution in [0, 0.1) is 13.8 Å². The molecular weight excluding hydrogens is 286 g/mol. The summed E-state index contributed by atoms with van der Waals surface area (Å²) in [4.78, 5) is 12.7. The van der Waals surface area contributed by atoms with E-state index in [1.54, 1.807) is 4.68 Å². The summed E-state index contributed by atoms with van der Waals surface area (Å²) in [5, 5.41) is 7.45. The first-order chi connectivity index (χ1) is 10.7. The highest BCUT2D eigenvalue weighted by Crippen LogP contribution is 2.48. The van der Waals surface area contributed by atoms with Crippen molar-refractivity contribution in [2.24, 2.45) is 7.05 Å². The zero-order valence-corrected chi connectivity index (χ0v) is 14.8. The minimum atomic E-state index is -0.128. The summed E-state index contributed by atoms with van der Waals surface area (Å²) < 4.78 is 1.76. The third-order valence-corrected chi connectivity index (χ3v) is 5.24. The lowest BCUT2D eigenvalue weighted by molar-refractivity contribution is 0.102. The van der Waals surface area contributed by atoms with E-state index in [4.69, 9.17) is 0 Å². The highest BCUT2D eigenvalue weighted by Gasteiger charge is 2.36. The molecule has 1 atom stereocenters. The van der Waals surface area contributed by atoms with Gasteiger partial charge in [-0.05, 0) is 48.8 Å². The number of nitrogens with zero attached hydrogens (tertiary/aromatic N) is 2. The number of amides is 1. The monoisotopic (exact) mass is 311 g/mol. The fourth-order valence-corrected chi connectivity index (χ4v) is 3.88. The molecule has 1 heterocycles. The van der Waals surface area contributed by atoms with Gasteiger partial charge in [0.15, 0.2) is 5.69 Å². The fourth-order valence-electron chi connectivity index (χ4n) is 3.88. The van der Waals surface area contributed by atoms with Gasteiger partial charge in [0.2, 0.25) is 0 Å². The Kier molecular flexibility index (Phi) is 3.58. The summed E-state index contributed by atoms with van der Waals surface area (Å²) in [6.45, 7) is 10.7. The molecule has 1 aliphatic rings. The van der Waals surface area contributed by atoms with Crippen molar-refractivity contribution in [2.45, 2.75) is 52.4 Å². The molecule has 122 valence electrons. The average molecular weight is 311 g/mol. The van der Waals surface area contributed by atoms with E-state index < -0.39 is 0 Å². The normalized spacial score (nSPS) is 18.8. The van der Waals surface area contributed by atoms with Gasteiger partial charge in [-0.3, -0.25) is 9.48 Å². The van der Waals surface area contributed by atoms with Gasteiger partial charge >= 0.3 is 0 Å². The molecule has 0 saturated heterocycles. The number of rotatable bonds is 2. The zero-order chi connectivity index (χ0) is 16.9. The molecule has 2 aromatic rings. The van der Waals surface area contributed by atoms with E-state index in [2.05, 4.69) is 37.3 Å². The van der Waals surface area contributed by atoms with Crippen molar-refractivity contribution < 1.29 is 4.79 Å². The van der Waals surface area contributed by atoms with E-state index in [0.717, 1.165) is 23.4 Å². The van der Waals surface area contributed by atoms with E-state index in [9.17, 15) is 4.79 Å². The third kappa shape index (κ3) is 2.46. The van der Waals surface area contributed by atoms with Crippen LogP contribution in [0.4, 0.5) is 5.69 Å². The Labute approximate surface area is 137 Å². The van der Waals surface area contributed by atoms with Crippen molar-refractivity contribution in [2.75, 3.05) is 5.32 Å². The molecule has 4 heteroatoms. The van der Waals surface area contributed by atoms with Crippen LogP contribution in [-0.4, -0.2) is 15.7 Å². The Morgan fingerprint density at radius 1 is 1.35 bits per heavy atom. The standard InChI is InChI=1S/C19H25N3O/c1-11-10-19(4,5)14-8-7-9-15(16(11)14)20-18(23)17-12(2)13(3)22(6)21-17/h7-9,11H,10H2,1-6H3,(H,20,23)/t11-/m0/s1. The van der Waals surface area contributed by atoms with Gasteiger partial charge in [-0.15, -0.1) is 0 Å². The minimum Gasteiger partial charge on any atom is -0.320 e. The van der Waals surface area contributed by atoms with Gasteiger partial charge in [-0.25, -0.2) is 0 Å². The number of carbonyl (C=O) groups is 1. The highest BCUT2D eigenvalue weighted by atomic mass is 16.2. The maximum absolute atomic E-state index is 12.7. The van der Waals surface area contributed by atoms with Gasteiger partial charge < -0.3 is 5.32 Å². The van der Waals surface area contributed by atoms with Crippen molar-refractivity contribution >= 4 is 11.6 Å². The largest absolute Gasteiger partial charge is 0.320 e. The van der Waals surface area contributed by atoms with Gasteiger partial charge in [-0.1, -0.05) is 32.9 Å². The molecule has 0 unspecified atom stereocenters. The molecule has 0 bridgehead atoms. The van der Waals surface area contributed by atoms with Crippen molar-refractivity contribution in [1.29, 1.82) is 0 Å². The van der Waals surface area contributed by atoms with Crippen LogP contribution in [-0.2, 0) is 12.5 Å². The molecular formula is C19H25N3O. The molecule has 23 heavy (non-hydrogen) atoms. The van der Waals surface area contributed by atoms with Crippen LogP contribution in [0.2, 0.25) is 0 Å². The van der Waals surface area contributed by atoms with Crippen molar-refractivity contribution in [3.63, 3.8) is 0 Å². The smallest absolute Gasteiger partial charge is 0.276 e. The molecule has 0 spiro atoms. The summed E-state index contributed by atoms with van der Waals surface area (Å²) in [5.41, 5.74) is 6.16. The summed E-state index contributed by atoms with van der Waals surface area (Å²) in [7, 11) is 1.87. The SMILES string of the molecule is Cc1c(C(=O)Nc2cccc3c2[C@@H](C)CC3(C)C)nn(C)c1C. The topological polar surface area (TPSA) is 46.9 Å². The minimum absolute atomic E-state index is 0.128. The number of nitrogens with one attached hydrogen (secondary N) is 1. The third-order valence-electron chi connectivity index (χ3n) is 5.24. The Morgan fingerprint density at radius 2 is 2.04 bits per heavy atom. The summed E-state index contributed by atoms with van der Waals surface area (Å²) in [5.74, 6) is 0.319. The van der Waals surface area contributed by atoms with Gasteiger partial charge in [0.05, 0.1) is 0 Å². The Bertz CT molecular complexity index is 786.